The second-order valence-corrected chi connectivity index (χ2v) is 3.71. The first-order valence-electron chi connectivity index (χ1n) is 5.97. The van der Waals surface area contributed by atoms with Crippen LogP contribution in [-0.4, -0.2) is 25.7 Å². The lowest BCUT2D eigenvalue weighted by atomic mass is 10.3. The zero-order chi connectivity index (χ0) is 14.1. The van der Waals surface area contributed by atoms with Crippen molar-refractivity contribution in [1.29, 1.82) is 0 Å². The number of ether oxygens (including phenoxy) is 1. The fourth-order valence-electron chi connectivity index (χ4n) is 1.39. The standard InChI is InChI=1S/C12H18F2N4O/c1-2-19-5-3-4-16-12(18-15)17-11-7-9(13)6-10(14)8-11/h6-8H,2-5,15H2,1H3,(H2,16,17,18). The molecular formula is C12H18F2N4O. The topological polar surface area (TPSA) is 71.7 Å². The van der Waals surface area contributed by atoms with Crippen molar-refractivity contribution in [3.63, 3.8) is 0 Å². The quantitative estimate of drug-likeness (QED) is 0.242. The minimum Gasteiger partial charge on any atom is -0.382 e. The van der Waals surface area contributed by atoms with Crippen LogP contribution >= 0.6 is 0 Å². The van der Waals surface area contributed by atoms with Gasteiger partial charge in [-0.25, -0.2) is 14.6 Å². The van der Waals surface area contributed by atoms with Gasteiger partial charge in [0.2, 0.25) is 5.96 Å². The first kappa shape index (κ1) is 15.3. The highest BCUT2D eigenvalue weighted by atomic mass is 19.1. The van der Waals surface area contributed by atoms with Crippen molar-refractivity contribution in [2.24, 2.45) is 10.8 Å². The first-order valence-corrected chi connectivity index (χ1v) is 5.97. The second kappa shape index (κ2) is 8.39. The summed E-state index contributed by atoms with van der Waals surface area (Å²) in [5, 5.41) is 2.69. The second-order valence-electron chi connectivity index (χ2n) is 3.71. The smallest absolute Gasteiger partial charge is 0.210 e. The van der Waals surface area contributed by atoms with Gasteiger partial charge in [-0.15, -0.1) is 0 Å². The molecule has 106 valence electrons. The molecule has 0 heterocycles. The lowest BCUT2D eigenvalue weighted by Crippen LogP contribution is -2.36. The van der Waals surface area contributed by atoms with Crippen molar-refractivity contribution in [3.05, 3.63) is 29.8 Å². The zero-order valence-electron chi connectivity index (χ0n) is 10.7. The molecule has 7 heteroatoms. The molecule has 0 amide bonds. The summed E-state index contributed by atoms with van der Waals surface area (Å²) in [5.41, 5.74) is 2.57. The Morgan fingerprint density at radius 3 is 2.58 bits per heavy atom. The van der Waals surface area contributed by atoms with Crippen LogP contribution in [0.3, 0.4) is 0 Å². The van der Waals surface area contributed by atoms with Crippen molar-refractivity contribution in [3.8, 4) is 0 Å². The largest absolute Gasteiger partial charge is 0.382 e. The molecule has 1 aromatic carbocycles. The number of rotatable bonds is 6. The van der Waals surface area contributed by atoms with E-state index in [-0.39, 0.29) is 11.6 Å². The molecule has 0 bridgehead atoms. The molecule has 0 aliphatic rings. The van der Waals surface area contributed by atoms with Crippen LogP contribution in [0.25, 0.3) is 0 Å². The van der Waals surface area contributed by atoms with Gasteiger partial charge in [-0.05, 0) is 25.5 Å². The van der Waals surface area contributed by atoms with Crippen LogP contribution in [0.5, 0.6) is 0 Å². The van der Waals surface area contributed by atoms with E-state index in [0.717, 1.165) is 24.6 Å². The van der Waals surface area contributed by atoms with Gasteiger partial charge in [-0.3, -0.25) is 10.4 Å². The number of benzene rings is 1. The number of anilines is 1. The van der Waals surface area contributed by atoms with Crippen LogP contribution in [-0.2, 0) is 4.74 Å². The Bertz CT molecular complexity index is 406. The third-order valence-electron chi connectivity index (χ3n) is 2.18. The molecule has 0 saturated carbocycles. The SMILES string of the molecule is CCOCCCN=C(NN)Nc1cc(F)cc(F)c1. The fourth-order valence-corrected chi connectivity index (χ4v) is 1.39. The summed E-state index contributed by atoms with van der Waals surface area (Å²) >= 11 is 0. The number of nitrogens with one attached hydrogen (secondary N) is 2. The lowest BCUT2D eigenvalue weighted by molar-refractivity contribution is 0.146. The van der Waals surface area contributed by atoms with Gasteiger partial charge in [0.05, 0.1) is 0 Å². The van der Waals surface area contributed by atoms with Crippen LogP contribution in [0.15, 0.2) is 23.2 Å². The molecule has 0 saturated heterocycles. The molecule has 0 spiro atoms. The van der Waals surface area contributed by atoms with Gasteiger partial charge in [0, 0.05) is 31.5 Å². The van der Waals surface area contributed by atoms with E-state index >= 15 is 0 Å². The van der Waals surface area contributed by atoms with E-state index in [1.54, 1.807) is 0 Å². The zero-order valence-corrected chi connectivity index (χ0v) is 10.7. The number of nitrogens with two attached hydrogens (primary N) is 1. The monoisotopic (exact) mass is 272 g/mol. The van der Waals surface area contributed by atoms with Gasteiger partial charge in [-0.1, -0.05) is 0 Å². The molecule has 0 radical (unpaired) electrons. The number of hydrogen-bond acceptors (Lipinski definition) is 3. The van der Waals surface area contributed by atoms with Crippen molar-refractivity contribution in [1.82, 2.24) is 5.43 Å². The molecule has 0 aromatic heterocycles. The number of hydrazine groups is 1. The van der Waals surface area contributed by atoms with Gasteiger partial charge in [0.25, 0.3) is 0 Å². The predicted octanol–water partition coefficient (Wildman–Crippen LogP) is 1.62. The average Bonchev–Trinajstić information content (AvgIpc) is 2.36. The van der Waals surface area contributed by atoms with Gasteiger partial charge >= 0.3 is 0 Å². The lowest BCUT2D eigenvalue weighted by Gasteiger charge is -2.09. The highest BCUT2D eigenvalue weighted by Crippen LogP contribution is 2.12. The number of nitrogens with zero attached hydrogens (tertiary/aromatic N) is 1. The van der Waals surface area contributed by atoms with E-state index in [1.807, 2.05) is 6.92 Å². The van der Waals surface area contributed by atoms with E-state index in [1.165, 1.54) is 0 Å². The minimum absolute atomic E-state index is 0.235. The molecular weight excluding hydrogens is 254 g/mol. The average molecular weight is 272 g/mol. The highest BCUT2D eigenvalue weighted by molar-refractivity contribution is 5.93. The summed E-state index contributed by atoms with van der Waals surface area (Å²) in [4.78, 5) is 4.11. The van der Waals surface area contributed by atoms with Crippen molar-refractivity contribution in [2.45, 2.75) is 13.3 Å². The fraction of sp³-hybridized carbons (Fsp3) is 0.417. The molecule has 5 nitrogen and oxygen atoms in total. The molecule has 1 rings (SSSR count). The molecule has 0 unspecified atom stereocenters. The third-order valence-corrected chi connectivity index (χ3v) is 2.18. The van der Waals surface area contributed by atoms with Crippen LogP contribution in [0.4, 0.5) is 14.5 Å². The molecule has 0 aliphatic heterocycles. The Morgan fingerprint density at radius 1 is 1.32 bits per heavy atom. The number of aliphatic imine (C=N–C) groups is 1. The van der Waals surface area contributed by atoms with Gasteiger partial charge in [-0.2, -0.15) is 0 Å². The number of guanidine groups is 1. The maximum atomic E-state index is 13.0. The minimum atomic E-state index is -0.671. The summed E-state index contributed by atoms with van der Waals surface area (Å²) < 4.78 is 31.1. The first-order chi connectivity index (χ1) is 9.15. The van der Waals surface area contributed by atoms with Crippen molar-refractivity contribution in [2.75, 3.05) is 25.1 Å². The van der Waals surface area contributed by atoms with E-state index in [0.29, 0.717) is 19.8 Å². The maximum absolute atomic E-state index is 13.0. The highest BCUT2D eigenvalue weighted by Gasteiger charge is 2.02. The Hall–Kier alpha value is -1.73. The van der Waals surface area contributed by atoms with Crippen LogP contribution in [0, 0.1) is 11.6 Å². The normalized spacial score (nSPS) is 11.5. The van der Waals surface area contributed by atoms with Crippen molar-refractivity contribution >= 4 is 11.6 Å². The third kappa shape index (κ3) is 6.12. The van der Waals surface area contributed by atoms with Gasteiger partial charge in [0.1, 0.15) is 11.6 Å². The number of halogens is 2. The Kier molecular flexibility index (Phi) is 6.76. The summed E-state index contributed by atoms with van der Waals surface area (Å²) in [6, 6.07) is 3.09. The predicted molar refractivity (Wildman–Crippen MR) is 70.7 cm³/mol. The summed E-state index contributed by atoms with van der Waals surface area (Å²) in [5.74, 6) is 4.17. The van der Waals surface area contributed by atoms with Crippen LogP contribution in [0.1, 0.15) is 13.3 Å². The summed E-state index contributed by atoms with van der Waals surface area (Å²) in [6.07, 6.45) is 0.734. The molecule has 4 N–H and O–H groups in total. The van der Waals surface area contributed by atoms with E-state index < -0.39 is 11.6 Å². The molecule has 0 fully saturated rings. The van der Waals surface area contributed by atoms with E-state index in [9.17, 15) is 8.78 Å². The number of hydrogen-bond donors (Lipinski definition) is 3. The molecule has 19 heavy (non-hydrogen) atoms. The van der Waals surface area contributed by atoms with Crippen molar-refractivity contribution < 1.29 is 13.5 Å². The van der Waals surface area contributed by atoms with Gasteiger partial charge in [0.15, 0.2) is 0 Å². The van der Waals surface area contributed by atoms with Crippen LogP contribution in [0.2, 0.25) is 0 Å². The van der Waals surface area contributed by atoms with E-state index in [4.69, 9.17) is 10.6 Å². The Labute approximate surface area is 110 Å². The molecule has 0 aliphatic carbocycles. The molecule has 1 aromatic rings. The van der Waals surface area contributed by atoms with Crippen LogP contribution < -0.4 is 16.6 Å². The van der Waals surface area contributed by atoms with Gasteiger partial charge < -0.3 is 10.1 Å². The Balaban J connectivity index is 2.53. The molecule has 0 atom stereocenters. The Morgan fingerprint density at radius 2 is 2.00 bits per heavy atom. The summed E-state index contributed by atoms with van der Waals surface area (Å²) in [7, 11) is 0. The van der Waals surface area contributed by atoms with E-state index in [2.05, 4.69) is 15.7 Å². The maximum Gasteiger partial charge on any atom is 0.210 e. The summed E-state index contributed by atoms with van der Waals surface area (Å²) in [6.45, 7) is 3.67.